The largest absolute Gasteiger partial charge is 0.379 e. The van der Waals surface area contributed by atoms with E-state index in [1.807, 2.05) is 35.2 Å². The SMILES string of the molecule is O=C([C@@H](NS(=O)(=O)CCN1CCOCC1)C1CC1)N1CC(c2cc(F)ccc2F)=C[C@H]1c1ccccc1. The topological polar surface area (TPSA) is 79.0 Å². The summed E-state index contributed by atoms with van der Waals surface area (Å²) in [5, 5.41) is 0. The fourth-order valence-electron chi connectivity index (χ4n) is 4.96. The molecule has 10 heteroatoms. The molecule has 2 aromatic rings. The Hall–Kier alpha value is -2.66. The molecule has 0 spiro atoms. The van der Waals surface area contributed by atoms with Crippen LogP contribution in [0.1, 0.15) is 30.0 Å². The van der Waals surface area contributed by atoms with Crippen molar-refractivity contribution in [1.82, 2.24) is 14.5 Å². The molecule has 3 aliphatic rings. The van der Waals surface area contributed by atoms with Crippen molar-refractivity contribution < 1.29 is 26.7 Å². The molecule has 2 heterocycles. The van der Waals surface area contributed by atoms with Crippen molar-refractivity contribution in [3.05, 3.63) is 77.4 Å². The Morgan fingerprint density at radius 2 is 1.81 bits per heavy atom. The summed E-state index contributed by atoms with van der Waals surface area (Å²) in [6, 6.07) is 11.1. The van der Waals surface area contributed by atoms with Crippen molar-refractivity contribution in [2.45, 2.75) is 24.9 Å². The number of amides is 1. The van der Waals surface area contributed by atoms with Gasteiger partial charge in [0.15, 0.2) is 0 Å². The van der Waals surface area contributed by atoms with Crippen LogP contribution in [0.2, 0.25) is 0 Å². The number of carbonyl (C=O) groups excluding carboxylic acids is 1. The van der Waals surface area contributed by atoms with Gasteiger partial charge in [0, 0.05) is 31.7 Å². The Labute approximate surface area is 216 Å². The Bertz CT molecular complexity index is 1260. The van der Waals surface area contributed by atoms with Crippen LogP contribution in [0.3, 0.4) is 0 Å². The third-order valence-electron chi connectivity index (χ3n) is 7.18. The Kier molecular flexibility index (Phi) is 7.71. The van der Waals surface area contributed by atoms with Crippen LogP contribution in [0, 0.1) is 17.6 Å². The predicted octanol–water partition coefficient (Wildman–Crippen LogP) is 2.96. The second kappa shape index (κ2) is 11.0. The van der Waals surface area contributed by atoms with Gasteiger partial charge in [-0.2, -0.15) is 0 Å². The molecule has 1 N–H and O–H groups in total. The van der Waals surface area contributed by atoms with Crippen molar-refractivity contribution in [3.8, 4) is 0 Å². The Morgan fingerprint density at radius 1 is 1.08 bits per heavy atom. The zero-order chi connectivity index (χ0) is 26.0. The van der Waals surface area contributed by atoms with Gasteiger partial charge in [-0.05, 0) is 48.1 Å². The molecule has 37 heavy (non-hydrogen) atoms. The normalized spacial score (nSPS) is 21.6. The first-order valence-corrected chi connectivity index (χ1v) is 14.3. The van der Waals surface area contributed by atoms with E-state index in [0.29, 0.717) is 38.4 Å². The smallest absolute Gasteiger partial charge is 0.242 e. The lowest BCUT2D eigenvalue weighted by Crippen LogP contribution is -2.51. The Morgan fingerprint density at radius 3 is 2.51 bits per heavy atom. The number of hydrogen-bond acceptors (Lipinski definition) is 5. The van der Waals surface area contributed by atoms with Crippen LogP contribution in [0.25, 0.3) is 5.57 Å². The highest BCUT2D eigenvalue weighted by molar-refractivity contribution is 7.89. The molecule has 1 saturated heterocycles. The minimum absolute atomic E-state index is 0.0531. The van der Waals surface area contributed by atoms with Crippen LogP contribution < -0.4 is 4.72 Å². The highest BCUT2D eigenvalue weighted by atomic mass is 32.2. The standard InChI is InChI=1S/C27H31F2N3O4S/c28-22-8-9-24(29)23(17-22)21-16-25(19-4-2-1-3-5-19)32(18-21)27(33)26(20-6-7-20)30-37(34,35)15-12-31-10-13-36-14-11-31/h1-5,8-9,16-17,20,25-26,30H,6-7,10-15,18H2/t25-,26-/m0/s1. The molecule has 0 bridgehead atoms. The molecule has 2 aliphatic heterocycles. The molecule has 2 atom stereocenters. The first kappa shape index (κ1) is 26.0. The summed E-state index contributed by atoms with van der Waals surface area (Å²) in [4.78, 5) is 17.5. The minimum atomic E-state index is -3.73. The van der Waals surface area contributed by atoms with Gasteiger partial charge in [-0.15, -0.1) is 0 Å². The molecule has 0 radical (unpaired) electrons. The molecule has 2 aromatic carbocycles. The van der Waals surface area contributed by atoms with Gasteiger partial charge < -0.3 is 9.64 Å². The van der Waals surface area contributed by atoms with E-state index in [1.54, 1.807) is 11.0 Å². The first-order valence-electron chi connectivity index (χ1n) is 12.6. The van der Waals surface area contributed by atoms with Crippen LogP contribution in [0.4, 0.5) is 8.78 Å². The van der Waals surface area contributed by atoms with E-state index in [4.69, 9.17) is 4.74 Å². The number of rotatable bonds is 9. The van der Waals surface area contributed by atoms with Crippen LogP contribution >= 0.6 is 0 Å². The summed E-state index contributed by atoms with van der Waals surface area (Å²) in [5.41, 5.74) is 1.40. The van der Waals surface area contributed by atoms with Gasteiger partial charge >= 0.3 is 0 Å². The van der Waals surface area contributed by atoms with E-state index >= 15 is 0 Å². The van der Waals surface area contributed by atoms with Crippen molar-refractivity contribution in [3.63, 3.8) is 0 Å². The van der Waals surface area contributed by atoms with Crippen molar-refractivity contribution in [1.29, 1.82) is 0 Å². The van der Waals surface area contributed by atoms with Gasteiger partial charge in [-0.1, -0.05) is 36.4 Å². The summed E-state index contributed by atoms with van der Waals surface area (Å²) in [7, 11) is -3.73. The van der Waals surface area contributed by atoms with Gasteiger partial charge in [0.05, 0.1) is 25.0 Å². The second-order valence-corrected chi connectivity index (χ2v) is 11.7. The molecule has 1 saturated carbocycles. The number of carbonyl (C=O) groups is 1. The van der Waals surface area contributed by atoms with E-state index in [-0.39, 0.29) is 29.7 Å². The second-order valence-electron chi connectivity index (χ2n) is 9.84. The quantitative estimate of drug-likeness (QED) is 0.539. The number of nitrogens with one attached hydrogen (secondary N) is 1. The Balaban J connectivity index is 1.37. The number of nitrogens with zero attached hydrogens (tertiary/aromatic N) is 2. The first-order chi connectivity index (χ1) is 17.8. The molecule has 0 aromatic heterocycles. The summed E-state index contributed by atoms with van der Waals surface area (Å²) >= 11 is 0. The molecule has 7 nitrogen and oxygen atoms in total. The molecule has 2 fully saturated rings. The number of hydrogen-bond donors (Lipinski definition) is 1. The molecular weight excluding hydrogens is 500 g/mol. The van der Waals surface area contributed by atoms with Crippen molar-refractivity contribution in [2.75, 3.05) is 45.1 Å². The number of morpholine rings is 1. The van der Waals surface area contributed by atoms with E-state index in [1.165, 1.54) is 0 Å². The number of ether oxygens (including phenoxy) is 1. The van der Waals surface area contributed by atoms with Crippen molar-refractivity contribution in [2.24, 2.45) is 5.92 Å². The fraction of sp³-hybridized carbons (Fsp3) is 0.444. The van der Waals surface area contributed by atoms with E-state index < -0.39 is 33.7 Å². The maximum atomic E-state index is 14.6. The summed E-state index contributed by atoms with van der Waals surface area (Å²) < 4.78 is 62.6. The number of halogens is 2. The maximum Gasteiger partial charge on any atom is 0.242 e. The van der Waals surface area contributed by atoms with Crippen LogP contribution in [-0.4, -0.2) is 75.3 Å². The van der Waals surface area contributed by atoms with Crippen molar-refractivity contribution >= 4 is 21.5 Å². The number of sulfonamides is 1. The fourth-order valence-corrected chi connectivity index (χ4v) is 6.25. The van der Waals surface area contributed by atoms with E-state index in [9.17, 15) is 22.0 Å². The average Bonchev–Trinajstić information content (AvgIpc) is 3.66. The lowest BCUT2D eigenvalue weighted by atomic mass is 10.0. The van der Waals surface area contributed by atoms with Crippen LogP contribution in [0.15, 0.2) is 54.6 Å². The van der Waals surface area contributed by atoms with Gasteiger partial charge in [-0.25, -0.2) is 21.9 Å². The monoisotopic (exact) mass is 531 g/mol. The average molecular weight is 532 g/mol. The van der Waals surface area contributed by atoms with E-state index in [0.717, 1.165) is 36.6 Å². The predicted molar refractivity (Wildman–Crippen MR) is 136 cm³/mol. The lowest BCUT2D eigenvalue weighted by molar-refractivity contribution is -0.134. The van der Waals surface area contributed by atoms with Gasteiger partial charge in [0.1, 0.15) is 17.7 Å². The summed E-state index contributed by atoms with van der Waals surface area (Å²) in [6.45, 7) is 2.93. The molecule has 198 valence electrons. The maximum absolute atomic E-state index is 14.6. The third kappa shape index (κ3) is 6.26. The van der Waals surface area contributed by atoms with Gasteiger partial charge in [0.25, 0.3) is 0 Å². The molecule has 1 aliphatic carbocycles. The van der Waals surface area contributed by atoms with E-state index in [2.05, 4.69) is 4.72 Å². The molecule has 0 unspecified atom stereocenters. The minimum Gasteiger partial charge on any atom is -0.379 e. The summed E-state index contributed by atoms with van der Waals surface area (Å²) in [5.74, 6) is -1.69. The van der Waals surface area contributed by atoms with Gasteiger partial charge in [-0.3, -0.25) is 9.69 Å². The highest BCUT2D eigenvalue weighted by Gasteiger charge is 2.43. The summed E-state index contributed by atoms with van der Waals surface area (Å²) in [6.07, 6.45) is 3.28. The molecule has 5 rings (SSSR count). The highest BCUT2D eigenvalue weighted by Crippen LogP contribution is 2.39. The number of benzene rings is 2. The molecular formula is C27H31F2N3O4S. The molecule has 1 amide bonds. The van der Waals surface area contributed by atoms with Crippen LogP contribution in [0.5, 0.6) is 0 Å². The zero-order valence-electron chi connectivity index (χ0n) is 20.5. The zero-order valence-corrected chi connectivity index (χ0v) is 21.3. The van der Waals surface area contributed by atoms with Gasteiger partial charge in [0.2, 0.25) is 15.9 Å². The third-order valence-corrected chi connectivity index (χ3v) is 8.51. The lowest BCUT2D eigenvalue weighted by Gasteiger charge is -2.30. The van der Waals surface area contributed by atoms with Crippen LogP contribution in [-0.2, 0) is 19.6 Å².